The highest BCUT2D eigenvalue weighted by Gasteiger charge is 2.04. The number of aromatic amines is 1. The molecule has 0 radical (unpaired) electrons. The first-order chi connectivity index (χ1) is 6.20. The molecule has 0 aliphatic rings. The molecule has 66 valence electrons. The van der Waals surface area contributed by atoms with Crippen LogP contribution in [0.2, 0.25) is 0 Å². The summed E-state index contributed by atoms with van der Waals surface area (Å²) in [6.07, 6.45) is 1.31. The van der Waals surface area contributed by atoms with Crippen LogP contribution in [0.15, 0.2) is 23.3 Å². The lowest BCUT2D eigenvalue weighted by atomic mass is 10.2. The number of hydrogen-bond acceptors (Lipinski definition) is 4. The van der Waals surface area contributed by atoms with Gasteiger partial charge < -0.3 is 16.5 Å². The number of aromatic nitrogens is 2. The third-order valence-corrected chi connectivity index (χ3v) is 1.88. The zero-order valence-corrected chi connectivity index (χ0v) is 6.74. The van der Waals surface area contributed by atoms with Crippen molar-refractivity contribution in [2.75, 3.05) is 11.5 Å². The summed E-state index contributed by atoms with van der Waals surface area (Å²) < 4.78 is 0. The van der Waals surface area contributed by atoms with Gasteiger partial charge in [0.05, 0.1) is 23.1 Å². The van der Waals surface area contributed by atoms with E-state index in [2.05, 4.69) is 9.97 Å². The molecule has 13 heavy (non-hydrogen) atoms. The summed E-state index contributed by atoms with van der Waals surface area (Å²) in [5.74, 6) is 0. The highest BCUT2D eigenvalue weighted by atomic mass is 16.1. The molecule has 5 heteroatoms. The van der Waals surface area contributed by atoms with Gasteiger partial charge in [-0.2, -0.15) is 0 Å². The normalized spacial score (nSPS) is 10.5. The second-order valence-electron chi connectivity index (χ2n) is 2.70. The average Bonchev–Trinajstić information content (AvgIpc) is 2.12. The number of anilines is 2. The standard InChI is InChI=1S/C8H8N4O/c9-5-2-1-4-7(6(5)10)11-3-12-8(4)13/h1-3H,9-10H2,(H,11,12,13). The zero-order valence-electron chi connectivity index (χ0n) is 6.74. The Labute approximate surface area is 73.4 Å². The first-order valence-corrected chi connectivity index (χ1v) is 3.71. The average molecular weight is 176 g/mol. The largest absolute Gasteiger partial charge is 0.397 e. The maximum absolute atomic E-state index is 11.3. The molecule has 2 rings (SSSR count). The van der Waals surface area contributed by atoms with Crippen molar-refractivity contribution in [1.82, 2.24) is 9.97 Å². The summed E-state index contributed by atoms with van der Waals surface area (Å²) in [5.41, 5.74) is 12.2. The minimum Gasteiger partial charge on any atom is -0.397 e. The van der Waals surface area contributed by atoms with Crippen LogP contribution in [0, 0.1) is 0 Å². The molecular weight excluding hydrogens is 168 g/mol. The van der Waals surface area contributed by atoms with Crippen molar-refractivity contribution >= 4 is 22.3 Å². The Kier molecular flexibility index (Phi) is 1.45. The van der Waals surface area contributed by atoms with E-state index < -0.39 is 0 Å². The van der Waals surface area contributed by atoms with Gasteiger partial charge in [-0.3, -0.25) is 4.79 Å². The second-order valence-corrected chi connectivity index (χ2v) is 2.70. The van der Waals surface area contributed by atoms with Crippen LogP contribution in [-0.2, 0) is 0 Å². The van der Waals surface area contributed by atoms with E-state index in [1.165, 1.54) is 6.33 Å². The number of benzene rings is 1. The van der Waals surface area contributed by atoms with Crippen molar-refractivity contribution in [3.63, 3.8) is 0 Å². The molecule has 1 aromatic carbocycles. The van der Waals surface area contributed by atoms with Crippen LogP contribution in [0.3, 0.4) is 0 Å². The molecule has 0 aliphatic carbocycles. The molecular formula is C8H8N4O. The number of nitrogens with zero attached hydrogens (tertiary/aromatic N) is 1. The minimum absolute atomic E-state index is 0.211. The van der Waals surface area contributed by atoms with Crippen LogP contribution < -0.4 is 17.0 Å². The number of fused-ring (bicyclic) bond motifs is 1. The summed E-state index contributed by atoms with van der Waals surface area (Å²) in [6, 6.07) is 3.20. The van der Waals surface area contributed by atoms with Crippen molar-refractivity contribution < 1.29 is 0 Å². The Hall–Kier alpha value is -2.04. The van der Waals surface area contributed by atoms with Crippen molar-refractivity contribution in [3.05, 3.63) is 28.8 Å². The third-order valence-electron chi connectivity index (χ3n) is 1.88. The second kappa shape index (κ2) is 2.48. The molecule has 1 aromatic heterocycles. The van der Waals surface area contributed by atoms with Gasteiger partial charge >= 0.3 is 0 Å². The van der Waals surface area contributed by atoms with E-state index in [1.807, 2.05) is 0 Å². The molecule has 5 N–H and O–H groups in total. The van der Waals surface area contributed by atoms with Gasteiger partial charge in [-0.15, -0.1) is 0 Å². The van der Waals surface area contributed by atoms with Crippen LogP contribution in [0.4, 0.5) is 11.4 Å². The predicted octanol–water partition coefficient (Wildman–Crippen LogP) is 0.0875. The molecule has 0 saturated carbocycles. The van der Waals surface area contributed by atoms with E-state index in [4.69, 9.17) is 11.5 Å². The first kappa shape index (κ1) is 7.60. The van der Waals surface area contributed by atoms with Crippen LogP contribution in [0.1, 0.15) is 0 Å². The van der Waals surface area contributed by atoms with Gasteiger partial charge in [0.15, 0.2) is 0 Å². The smallest absolute Gasteiger partial charge is 0.258 e. The number of hydrogen-bond donors (Lipinski definition) is 3. The fourth-order valence-electron chi connectivity index (χ4n) is 1.18. The number of nitrogens with two attached hydrogens (primary N) is 2. The van der Waals surface area contributed by atoms with Gasteiger partial charge in [-0.1, -0.05) is 0 Å². The van der Waals surface area contributed by atoms with Crippen LogP contribution in [0.5, 0.6) is 0 Å². The Bertz CT molecular complexity index is 517. The van der Waals surface area contributed by atoms with E-state index in [-0.39, 0.29) is 5.56 Å². The number of nitrogens with one attached hydrogen (secondary N) is 1. The molecule has 0 spiro atoms. The van der Waals surface area contributed by atoms with E-state index >= 15 is 0 Å². The Balaban J connectivity index is 3.03. The lowest BCUT2D eigenvalue weighted by molar-refractivity contribution is 1.17. The number of nitrogen functional groups attached to an aromatic ring is 2. The molecule has 1 heterocycles. The minimum atomic E-state index is -0.211. The summed E-state index contributed by atoms with van der Waals surface area (Å²) in [7, 11) is 0. The summed E-state index contributed by atoms with van der Waals surface area (Å²) in [4.78, 5) is 17.7. The van der Waals surface area contributed by atoms with Crippen molar-refractivity contribution in [2.45, 2.75) is 0 Å². The van der Waals surface area contributed by atoms with Crippen molar-refractivity contribution in [2.24, 2.45) is 0 Å². The summed E-state index contributed by atoms with van der Waals surface area (Å²) >= 11 is 0. The molecule has 2 aromatic rings. The summed E-state index contributed by atoms with van der Waals surface area (Å²) in [6.45, 7) is 0. The number of rotatable bonds is 0. The predicted molar refractivity (Wildman–Crippen MR) is 51.2 cm³/mol. The molecule has 0 bridgehead atoms. The Morgan fingerprint density at radius 2 is 2.08 bits per heavy atom. The number of H-pyrrole nitrogens is 1. The molecule has 0 fully saturated rings. The van der Waals surface area contributed by atoms with E-state index in [1.54, 1.807) is 12.1 Å². The van der Waals surface area contributed by atoms with Gasteiger partial charge in [0.25, 0.3) is 5.56 Å². The van der Waals surface area contributed by atoms with Gasteiger partial charge in [0.2, 0.25) is 0 Å². The monoisotopic (exact) mass is 176 g/mol. The lowest BCUT2D eigenvalue weighted by Gasteiger charge is -2.02. The fourth-order valence-corrected chi connectivity index (χ4v) is 1.18. The third kappa shape index (κ3) is 1.01. The van der Waals surface area contributed by atoms with Gasteiger partial charge in [0.1, 0.15) is 5.52 Å². The van der Waals surface area contributed by atoms with Crippen LogP contribution in [0.25, 0.3) is 10.9 Å². The maximum Gasteiger partial charge on any atom is 0.258 e. The summed E-state index contributed by atoms with van der Waals surface area (Å²) in [5, 5.41) is 0.453. The molecule has 0 amide bonds. The van der Waals surface area contributed by atoms with E-state index in [0.29, 0.717) is 22.3 Å². The van der Waals surface area contributed by atoms with Crippen molar-refractivity contribution in [1.29, 1.82) is 0 Å². The van der Waals surface area contributed by atoms with Crippen LogP contribution >= 0.6 is 0 Å². The Morgan fingerprint density at radius 1 is 1.31 bits per heavy atom. The SMILES string of the molecule is Nc1ccc2c(=O)[nH]cnc2c1N. The zero-order chi connectivity index (χ0) is 9.42. The topological polar surface area (TPSA) is 97.8 Å². The molecule has 0 atom stereocenters. The highest BCUT2D eigenvalue weighted by Crippen LogP contribution is 2.21. The van der Waals surface area contributed by atoms with Gasteiger partial charge in [-0.25, -0.2) is 4.98 Å². The molecule has 0 saturated heterocycles. The van der Waals surface area contributed by atoms with Gasteiger partial charge in [0, 0.05) is 0 Å². The fraction of sp³-hybridized carbons (Fsp3) is 0. The molecule has 0 aliphatic heterocycles. The quantitative estimate of drug-likeness (QED) is 0.495. The maximum atomic E-state index is 11.3. The van der Waals surface area contributed by atoms with E-state index in [0.717, 1.165) is 0 Å². The highest BCUT2D eigenvalue weighted by molar-refractivity contribution is 5.94. The molecule has 0 unspecified atom stereocenters. The lowest BCUT2D eigenvalue weighted by Crippen LogP contribution is -2.08. The van der Waals surface area contributed by atoms with Crippen LogP contribution in [-0.4, -0.2) is 9.97 Å². The molecule has 5 nitrogen and oxygen atoms in total. The van der Waals surface area contributed by atoms with Crippen molar-refractivity contribution in [3.8, 4) is 0 Å². The van der Waals surface area contributed by atoms with Gasteiger partial charge in [-0.05, 0) is 12.1 Å². The Morgan fingerprint density at radius 3 is 2.85 bits per heavy atom. The first-order valence-electron chi connectivity index (χ1n) is 3.71. The van der Waals surface area contributed by atoms with E-state index in [9.17, 15) is 4.79 Å².